The van der Waals surface area contributed by atoms with Gasteiger partial charge in [-0.25, -0.2) is 4.39 Å². The van der Waals surface area contributed by atoms with Crippen LogP contribution in [-0.2, 0) is 11.3 Å². The largest absolute Gasteiger partial charge is 0.358 e. The maximum absolute atomic E-state index is 12.8. The number of carbonyl (C=O) groups excluding carboxylic acids is 1. The molecule has 0 radical (unpaired) electrons. The average molecular weight is 314 g/mol. The minimum absolute atomic E-state index is 0.262. The van der Waals surface area contributed by atoms with Gasteiger partial charge >= 0.3 is 0 Å². The zero-order valence-corrected chi connectivity index (χ0v) is 12.6. The molecule has 0 aliphatic carbocycles. The number of hydrogen-bond acceptors (Lipinski definition) is 2. The van der Waals surface area contributed by atoms with Crippen LogP contribution < -0.4 is 10.6 Å². The van der Waals surface area contributed by atoms with E-state index in [0.717, 1.165) is 11.1 Å². The smallest absolute Gasteiger partial charge is 0.250 e. The molecule has 0 aliphatic rings. The number of halogens is 1. The predicted molar refractivity (Wildman–Crippen MR) is 89.5 cm³/mol. The fraction of sp³-hybridized carbons (Fsp3) is 0.0588. The average Bonchev–Trinajstić information content (AvgIpc) is 2.53. The number of rotatable bonds is 4. The van der Waals surface area contributed by atoms with Crippen molar-refractivity contribution in [1.29, 1.82) is 0 Å². The standard InChI is InChI=1S/C17H15FN2OS/c18-15-9-6-13(7-10-15)8-11-16(21)20-17(22)19-12-14-4-2-1-3-5-14/h1-11H,12H2,(H2,19,20,21,22)/b11-8+. The van der Waals surface area contributed by atoms with Crippen LogP contribution in [0.5, 0.6) is 0 Å². The SMILES string of the molecule is O=C(/C=C/c1ccc(F)cc1)NC(=S)NCc1ccccc1. The summed E-state index contributed by atoms with van der Waals surface area (Å²) in [6, 6.07) is 15.6. The molecule has 22 heavy (non-hydrogen) atoms. The quantitative estimate of drug-likeness (QED) is 0.673. The van der Waals surface area contributed by atoms with Gasteiger partial charge in [-0.3, -0.25) is 10.1 Å². The summed E-state index contributed by atoms with van der Waals surface area (Å²) in [5, 5.41) is 5.77. The molecule has 0 aromatic heterocycles. The van der Waals surface area contributed by atoms with E-state index in [4.69, 9.17) is 12.2 Å². The normalized spacial score (nSPS) is 10.4. The van der Waals surface area contributed by atoms with Gasteiger partial charge in [-0.2, -0.15) is 0 Å². The van der Waals surface area contributed by atoms with Crippen LogP contribution in [0, 0.1) is 5.82 Å². The van der Waals surface area contributed by atoms with Gasteiger partial charge in [0.15, 0.2) is 5.11 Å². The first kappa shape index (κ1) is 15.9. The molecule has 2 rings (SSSR count). The third-order valence-corrected chi connectivity index (χ3v) is 3.08. The number of thiocarbonyl (C=S) groups is 1. The Kier molecular flexibility index (Phi) is 5.80. The van der Waals surface area contributed by atoms with Crippen molar-refractivity contribution in [2.45, 2.75) is 6.54 Å². The molecule has 0 unspecified atom stereocenters. The van der Waals surface area contributed by atoms with Gasteiger partial charge < -0.3 is 5.32 Å². The molecule has 0 aliphatic heterocycles. The monoisotopic (exact) mass is 314 g/mol. The van der Waals surface area contributed by atoms with E-state index in [1.165, 1.54) is 18.2 Å². The van der Waals surface area contributed by atoms with Crippen LogP contribution in [0.4, 0.5) is 4.39 Å². The Hall–Kier alpha value is -2.53. The summed E-state index contributed by atoms with van der Waals surface area (Å²) >= 11 is 5.05. The van der Waals surface area contributed by atoms with Crippen LogP contribution in [0.15, 0.2) is 60.7 Å². The number of benzene rings is 2. The Morgan fingerprint density at radius 2 is 1.77 bits per heavy atom. The summed E-state index contributed by atoms with van der Waals surface area (Å²) in [5.74, 6) is -0.650. The Balaban J connectivity index is 1.78. The summed E-state index contributed by atoms with van der Waals surface area (Å²) in [6.07, 6.45) is 2.94. The Morgan fingerprint density at radius 1 is 1.09 bits per heavy atom. The number of hydrogen-bond donors (Lipinski definition) is 2. The molecule has 0 saturated heterocycles. The summed E-state index contributed by atoms with van der Waals surface area (Å²) in [7, 11) is 0. The first-order valence-corrected chi connectivity index (χ1v) is 7.11. The number of carbonyl (C=O) groups is 1. The molecule has 0 heterocycles. The fourth-order valence-corrected chi connectivity index (χ4v) is 1.89. The predicted octanol–water partition coefficient (Wildman–Crippen LogP) is 3.03. The van der Waals surface area contributed by atoms with Gasteiger partial charge in [0, 0.05) is 12.6 Å². The van der Waals surface area contributed by atoms with Crippen LogP contribution in [-0.4, -0.2) is 11.0 Å². The Bertz CT molecular complexity index is 669. The molecule has 1 amide bonds. The van der Waals surface area contributed by atoms with E-state index in [2.05, 4.69) is 10.6 Å². The van der Waals surface area contributed by atoms with Crippen LogP contribution >= 0.6 is 12.2 Å². The summed E-state index contributed by atoms with van der Waals surface area (Å²) in [6.45, 7) is 0.543. The molecule has 0 spiro atoms. The Labute approximate surface area is 133 Å². The lowest BCUT2D eigenvalue weighted by molar-refractivity contribution is -0.115. The maximum Gasteiger partial charge on any atom is 0.250 e. The highest BCUT2D eigenvalue weighted by Crippen LogP contribution is 2.04. The first-order chi connectivity index (χ1) is 10.6. The van der Waals surface area contributed by atoms with E-state index in [-0.39, 0.29) is 16.8 Å². The Morgan fingerprint density at radius 3 is 2.45 bits per heavy atom. The van der Waals surface area contributed by atoms with Crippen LogP contribution in [0.2, 0.25) is 0 Å². The van der Waals surface area contributed by atoms with Gasteiger partial charge in [0.05, 0.1) is 0 Å². The third-order valence-electron chi connectivity index (χ3n) is 2.83. The lowest BCUT2D eigenvalue weighted by Crippen LogP contribution is -2.37. The fourth-order valence-electron chi connectivity index (χ4n) is 1.72. The molecular weight excluding hydrogens is 299 g/mol. The van der Waals surface area contributed by atoms with Crippen molar-refractivity contribution < 1.29 is 9.18 Å². The van der Waals surface area contributed by atoms with Gasteiger partial charge in [-0.15, -0.1) is 0 Å². The summed E-state index contributed by atoms with van der Waals surface area (Å²) in [5.41, 5.74) is 1.81. The number of amides is 1. The second-order valence-electron chi connectivity index (χ2n) is 4.54. The third kappa shape index (κ3) is 5.46. The molecule has 3 nitrogen and oxygen atoms in total. The van der Waals surface area contributed by atoms with E-state index >= 15 is 0 Å². The topological polar surface area (TPSA) is 41.1 Å². The van der Waals surface area contributed by atoms with Crippen LogP contribution in [0.25, 0.3) is 6.08 Å². The van der Waals surface area contributed by atoms with Crippen molar-refractivity contribution in [2.75, 3.05) is 0 Å². The van der Waals surface area contributed by atoms with Crippen molar-refractivity contribution in [3.8, 4) is 0 Å². The highest BCUT2D eigenvalue weighted by Gasteiger charge is 2.00. The van der Waals surface area contributed by atoms with Crippen molar-refractivity contribution in [3.63, 3.8) is 0 Å². The van der Waals surface area contributed by atoms with Crippen molar-refractivity contribution >= 4 is 29.3 Å². The van der Waals surface area contributed by atoms with Crippen LogP contribution in [0.3, 0.4) is 0 Å². The van der Waals surface area contributed by atoms with Crippen molar-refractivity contribution in [1.82, 2.24) is 10.6 Å². The maximum atomic E-state index is 12.8. The molecule has 0 saturated carbocycles. The molecule has 2 aromatic carbocycles. The highest BCUT2D eigenvalue weighted by atomic mass is 32.1. The van der Waals surface area contributed by atoms with E-state index in [1.54, 1.807) is 18.2 Å². The molecule has 2 aromatic rings. The second kappa shape index (κ2) is 8.05. The van der Waals surface area contributed by atoms with Crippen LogP contribution in [0.1, 0.15) is 11.1 Å². The van der Waals surface area contributed by atoms with Gasteiger partial charge in [-0.1, -0.05) is 42.5 Å². The van der Waals surface area contributed by atoms with Gasteiger partial charge in [0.25, 0.3) is 0 Å². The van der Waals surface area contributed by atoms with Crippen molar-refractivity contribution in [2.24, 2.45) is 0 Å². The van der Waals surface area contributed by atoms with E-state index in [1.807, 2.05) is 30.3 Å². The molecule has 0 bridgehead atoms. The van der Waals surface area contributed by atoms with Gasteiger partial charge in [-0.05, 0) is 41.6 Å². The van der Waals surface area contributed by atoms with E-state index < -0.39 is 0 Å². The number of nitrogens with one attached hydrogen (secondary N) is 2. The van der Waals surface area contributed by atoms with E-state index in [0.29, 0.717) is 6.54 Å². The molecule has 2 N–H and O–H groups in total. The zero-order chi connectivity index (χ0) is 15.8. The van der Waals surface area contributed by atoms with Gasteiger partial charge in [0.1, 0.15) is 5.82 Å². The minimum Gasteiger partial charge on any atom is -0.358 e. The second-order valence-corrected chi connectivity index (χ2v) is 4.95. The lowest BCUT2D eigenvalue weighted by atomic mass is 10.2. The first-order valence-electron chi connectivity index (χ1n) is 6.70. The van der Waals surface area contributed by atoms with Gasteiger partial charge in [0.2, 0.25) is 5.91 Å². The minimum atomic E-state index is -0.338. The molecule has 0 atom stereocenters. The van der Waals surface area contributed by atoms with Crippen molar-refractivity contribution in [3.05, 3.63) is 77.6 Å². The summed E-state index contributed by atoms with van der Waals surface area (Å²) < 4.78 is 12.8. The zero-order valence-electron chi connectivity index (χ0n) is 11.8. The van der Waals surface area contributed by atoms with E-state index in [9.17, 15) is 9.18 Å². The molecule has 0 fully saturated rings. The molecule has 5 heteroatoms. The lowest BCUT2D eigenvalue weighted by Gasteiger charge is -2.07. The molecular formula is C17H15FN2OS. The molecule has 112 valence electrons. The highest BCUT2D eigenvalue weighted by molar-refractivity contribution is 7.80. The summed E-state index contributed by atoms with van der Waals surface area (Å²) in [4.78, 5) is 11.7.